The van der Waals surface area contributed by atoms with Gasteiger partial charge in [0.2, 0.25) is 0 Å². The predicted octanol–water partition coefficient (Wildman–Crippen LogP) is 4.19. The average Bonchev–Trinajstić information content (AvgIpc) is 2.64. The van der Waals surface area contributed by atoms with Crippen LogP contribution in [0.5, 0.6) is 11.5 Å². The van der Waals surface area contributed by atoms with Crippen molar-refractivity contribution in [1.29, 1.82) is 0 Å². The topological polar surface area (TPSA) is 18.5 Å². The molecule has 0 amide bonds. The molecule has 0 bridgehead atoms. The maximum absolute atomic E-state index is 6.32. The lowest BCUT2D eigenvalue weighted by atomic mass is 9.74. The van der Waals surface area contributed by atoms with Gasteiger partial charge in [-0.2, -0.15) is 0 Å². The molecule has 2 aromatic carbocycles. The Morgan fingerprint density at radius 3 is 2.48 bits per heavy atom. The van der Waals surface area contributed by atoms with Crippen molar-refractivity contribution < 1.29 is 14.0 Å². The Morgan fingerprint density at radius 2 is 1.80 bits per heavy atom. The van der Waals surface area contributed by atoms with E-state index in [9.17, 15) is 0 Å². The fourth-order valence-electron chi connectivity index (χ4n) is 4.86. The second-order valence-electron chi connectivity index (χ2n) is 7.28. The summed E-state index contributed by atoms with van der Waals surface area (Å²) >= 11 is 6.32. The summed E-state index contributed by atoms with van der Waals surface area (Å²) < 4.78 is 12.2. The van der Waals surface area contributed by atoms with E-state index in [0.717, 1.165) is 42.0 Å². The largest absolute Gasteiger partial charge is 0.493 e. The third-order valence-corrected chi connectivity index (χ3v) is 6.36. The van der Waals surface area contributed by atoms with E-state index in [2.05, 4.69) is 42.5 Å². The minimum Gasteiger partial charge on any atom is -0.493 e. The summed E-state index contributed by atoms with van der Waals surface area (Å²) in [6.07, 6.45) is 1.08. The number of halogens is 1. The normalized spacial score (nSPS) is 27.0. The van der Waals surface area contributed by atoms with Crippen molar-refractivity contribution in [3.63, 3.8) is 0 Å². The van der Waals surface area contributed by atoms with Crippen molar-refractivity contribution in [2.24, 2.45) is 5.92 Å². The zero-order valence-corrected chi connectivity index (χ0v) is 15.6. The number of alkyl halides is 1. The predicted molar refractivity (Wildman–Crippen MR) is 100 cm³/mol. The number of hydrogen-bond donors (Lipinski definition) is 0. The van der Waals surface area contributed by atoms with Crippen LogP contribution in [0.4, 0.5) is 0 Å². The first-order valence-electron chi connectivity index (χ1n) is 8.91. The SMILES string of the molecule is COc1cc2c(cc1OC)[C@H]1[C@H](CCl)C[N@@+]1(Cc1ccccc1)CC2. The molecule has 1 saturated heterocycles. The highest BCUT2D eigenvalue weighted by atomic mass is 35.5. The van der Waals surface area contributed by atoms with Crippen molar-refractivity contribution in [2.45, 2.75) is 19.0 Å². The van der Waals surface area contributed by atoms with Gasteiger partial charge in [-0.1, -0.05) is 30.3 Å². The van der Waals surface area contributed by atoms with Gasteiger partial charge < -0.3 is 14.0 Å². The standard InChI is InChI=1S/C21H25ClNO2/c1-24-19-10-16-8-9-23(13-15-6-4-3-5-7-15)14-17(12-22)21(23)18(16)11-20(19)25-2/h3-7,10-11,17,21H,8-9,12-14H2,1-2H3/q+1/t17-,21-,23+/m1/s1. The Kier molecular flexibility index (Phi) is 4.38. The second kappa shape index (κ2) is 6.54. The van der Waals surface area contributed by atoms with Gasteiger partial charge in [-0.3, -0.25) is 0 Å². The zero-order valence-electron chi connectivity index (χ0n) is 14.9. The summed E-state index contributed by atoms with van der Waals surface area (Å²) in [5.41, 5.74) is 4.19. The molecule has 0 aliphatic carbocycles. The molecule has 3 nitrogen and oxygen atoms in total. The first-order valence-corrected chi connectivity index (χ1v) is 9.44. The van der Waals surface area contributed by atoms with Gasteiger partial charge in [-0.05, 0) is 17.7 Å². The van der Waals surface area contributed by atoms with E-state index in [-0.39, 0.29) is 0 Å². The van der Waals surface area contributed by atoms with Crippen molar-refractivity contribution in [3.05, 3.63) is 59.2 Å². The average molecular weight is 359 g/mol. The molecule has 2 aromatic rings. The van der Waals surface area contributed by atoms with Crippen LogP contribution in [0.2, 0.25) is 0 Å². The smallest absolute Gasteiger partial charge is 0.161 e. The molecule has 25 heavy (non-hydrogen) atoms. The summed E-state index contributed by atoms with van der Waals surface area (Å²) in [4.78, 5) is 0. The first-order chi connectivity index (χ1) is 12.2. The van der Waals surface area contributed by atoms with Gasteiger partial charge in [0.15, 0.2) is 11.5 Å². The fraction of sp³-hybridized carbons (Fsp3) is 0.429. The van der Waals surface area contributed by atoms with Gasteiger partial charge in [-0.15, -0.1) is 11.6 Å². The highest BCUT2D eigenvalue weighted by Crippen LogP contribution is 2.53. The Hall–Kier alpha value is -1.71. The van der Waals surface area contributed by atoms with Crippen LogP contribution >= 0.6 is 11.6 Å². The third kappa shape index (κ3) is 2.70. The highest BCUT2D eigenvalue weighted by Gasteiger charge is 2.56. The number of ether oxygens (including phenoxy) is 2. The van der Waals surface area contributed by atoms with Crippen molar-refractivity contribution in [3.8, 4) is 11.5 Å². The second-order valence-corrected chi connectivity index (χ2v) is 7.59. The number of fused-ring (bicyclic) bond motifs is 3. The Balaban J connectivity index is 1.73. The highest BCUT2D eigenvalue weighted by molar-refractivity contribution is 6.18. The van der Waals surface area contributed by atoms with Crippen LogP contribution in [0.15, 0.2) is 42.5 Å². The van der Waals surface area contributed by atoms with Gasteiger partial charge in [-0.25, -0.2) is 0 Å². The summed E-state index contributed by atoms with van der Waals surface area (Å²) in [5, 5.41) is 0. The molecule has 2 heterocycles. The molecule has 0 spiro atoms. The van der Waals surface area contributed by atoms with Crippen LogP contribution in [0, 0.1) is 5.92 Å². The molecule has 0 N–H and O–H groups in total. The van der Waals surface area contributed by atoms with E-state index in [0.29, 0.717) is 17.8 Å². The first kappa shape index (κ1) is 16.7. The van der Waals surface area contributed by atoms with Gasteiger partial charge in [0.25, 0.3) is 0 Å². The molecule has 4 heteroatoms. The van der Waals surface area contributed by atoms with E-state index < -0.39 is 0 Å². The Morgan fingerprint density at radius 1 is 1.08 bits per heavy atom. The number of benzene rings is 2. The van der Waals surface area contributed by atoms with E-state index >= 15 is 0 Å². The number of hydrogen-bond acceptors (Lipinski definition) is 2. The monoisotopic (exact) mass is 358 g/mol. The molecular weight excluding hydrogens is 334 g/mol. The molecule has 4 rings (SSSR count). The lowest BCUT2D eigenvalue weighted by Crippen LogP contribution is -2.67. The van der Waals surface area contributed by atoms with E-state index in [4.69, 9.17) is 21.1 Å². The maximum atomic E-state index is 6.32. The number of methoxy groups -OCH3 is 2. The quantitative estimate of drug-likeness (QED) is 0.589. The lowest BCUT2D eigenvalue weighted by Gasteiger charge is -2.59. The van der Waals surface area contributed by atoms with Gasteiger partial charge in [0.05, 0.1) is 33.2 Å². The molecule has 132 valence electrons. The Bertz CT molecular complexity index is 764. The molecular formula is C21H25ClNO2+. The lowest BCUT2D eigenvalue weighted by molar-refractivity contribution is -1.02. The van der Waals surface area contributed by atoms with E-state index in [1.165, 1.54) is 16.7 Å². The van der Waals surface area contributed by atoms with Crippen LogP contribution in [0.25, 0.3) is 0 Å². The number of nitrogens with zero attached hydrogens (tertiary/aromatic N) is 1. The van der Waals surface area contributed by atoms with Gasteiger partial charge >= 0.3 is 0 Å². The molecule has 2 aliphatic heterocycles. The molecule has 0 radical (unpaired) electrons. The minimum absolute atomic E-state index is 0.460. The van der Waals surface area contributed by atoms with Gasteiger partial charge in [0.1, 0.15) is 12.6 Å². The molecule has 0 aromatic heterocycles. The molecule has 0 unspecified atom stereocenters. The van der Waals surface area contributed by atoms with Gasteiger partial charge in [0, 0.05) is 23.4 Å². The summed E-state index contributed by atoms with van der Waals surface area (Å²) in [6.45, 7) is 3.40. The fourth-order valence-corrected chi connectivity index (χ4v) is 5.13. The van der Waals surface area contributed by atoms with E-state index in [1.54, 1.807) is 14.2 Å². The van der Waals surface area contributed by atoms with Crippen LogP contribution in [-0.4, -0.2) is 37.7 Å². The Labute approximate surface area is 154 Å². The molecule has 0 saturated carbocycles. The van der Waals surface area contributed by atoms with Crippen LogP contribution < -0.4 is 9.47 Å². The maximum Gasteiger partial charge on any atom is 0.161 e. The summed E-state index contributed by atoms with van der Waals surface area (Å²) in [6, 6.07) is 15.6. The van der Waals surface area contributed by atoms with Crippen molar-refractivity contribution in [2.75, 3.05) is 33.2 Å². The summed E-state index contributed by atoms with van der Waals surface area (Å²) in [5.74, 6) is 2.89. The van der Waals surface area contributed by atoms with Crippen molar-refractivity contribution >= 4 is 11.6 Å². The molecule has 2 aliphatic rings. The van der Waals surface area contributed by atoms with Crippen LogP contribution in [0.1, 0.15) is 22.7 Å². The zero-order chi connectivity index (χ0) is 17.4. The van der Waals surface area contributed by atoms with Crippen LogP contribution in [-0.2, 0) is 13.0 Å². The van der Waals surface area contributed by atoms with Crippen molar-refractivity contribution in [1.82, 2.24) is 0 Å². The summed E-state index contributed by atoms with van der Waals surface area (Å²) in [7, 11) is 3.41. The molecule has 1 fully saturated rings. The molecule has 3 atom stereocenters. The third-order valence-electron chi connectivity index (χ3n) is 5.96. The van der Waals surface area contributed by atoms with Crippen LogP contribution in [0.3, 0.4) is 0 Å². The van der Waals surface area contributed by atoms with E-state index in [1.807, 2.05) is 0 Å². The number of quaternary nitrogens is 1. The number of rotatable bonds is 5. The minimum atomic E-state index is 0.460.